The number of nitrogens with zero attached hydrogens (tertiary/aromatic N) is 1. The maximum atomic E-state index is 6.03. The highest BCUT2D eigenvalue weighted by atomic mass is 14.7. The quantitative estimate of drug-likeness (QED) is 0.768. The second-order valence-electron chi connectivity index (χ2n) is 4.03. The Morgan fingerprint density at radius 2 is 1.93 bits per heavy atom. The van der Waals surface area contributed by atoms with Gasteiger partial charge in [0.15, 0.2) is 0 Å². The molecular formula is C13H16N2. The maximum absolute atomic E-state index is 6.03. The lowest BCUT2D eigenvalue weighted by Gasteiger charge is -2.08. The number of aromatic nitrogens is 1. The molecule has 2 rings (SSSR count). The molecule has 2 nitrogen and oxygen atoms in total. The van der Waals surface area contributed by atoms with Crippen molar-refractivity contribution in [1.29, 1.82) is 0 Å². The second kappa shape index (κ2) is 3.54. The van der Waals surface area contributed by atoms with Gasteiger partial charge in [0.2, 0.25) is 0 Å². The topological polar surface area (TPSA) is 38.9 Å². The smallest absolute Gasteiger partial charge is 0.0755 e. The number of aryl methyl sites for hydroxylation is 3. The van der Waals surface area contributed by atoms with Crippen LogP contribution in [0.2, 0.25) is 0 Å². The summed E-state index contributed by atoms with van der Waals surface area (Å²) in [7, 11) is 0. The van der Waals surface area contributed by atoms with Crippen molar-refractivity contribution in [2.24, 2.45) is 0 Å². The van der Waals surface area contributed by atoms with Gasteiger partial charge in [0.25, 0.3) is 0 Å². The van der Waals surface area contributed by atoms with Gasteiger partial charge < -0.3 is 5.73 Å². The molecule has 0 saturated carbocycles. The van der Waals surface area contributed by atoms with Gasteiger partial charge in [-0.3, -0.25) is 4.98 Å². The molecule has 0 atom stereocenters. The Hall–Kier alpha value is -1.57. The molecule has 0 spiro atoms. The summed E-state index contributed by atoms with van der Waals surface area (Å²) in [6, 6.07) is 6.22. The van der Waals surface area contributed by atoms with E-state index in [9.17, 15) is 0 Å². The van der Waals surface area contributed by atoms with Crippen molar-refractivity contribution in [2.45, 2.75) is 27.2 Å². The zero-order valence-electron chi connectivity index (χ0n) is 9.46. The number of hydrogen-bond donors (Lipinski definition) is 1. The van der Waals surface area contributed by atoms with Gasteiger partial charge in [-0.25, -0.2) is 0 Å². The van der Waals surface area contributed by atoms with Gasteiger partial charge in [0.1, 0.15) is 0 Å². The minimum Gasteiger partial charge on any atom is -0.398 e. The van der Waals surface area contributed by atoms with E-state index in [0.29, 0.717) is 0 Å². The number of nitrogens with two attached hydrogens (primary N) is 1. The van der Waals surface area contributed by atoms with E-state index in [2.05, 4.69) is 37.9 Å². The first-order valence-electron chi connectivity index (χ1n) is 5.28. The zero-order valence-corrected chi connectivity index (χ0v) is 9.46. The minimum absolute atomic E-state index is 0.837. The monoisotopic (exact) mass is 200 g/mol. The number of anilines is 1. The summed E-state index contributed by atoms with van der Waals surface area (Å²) in [5, 5.41) is 1.07. The van der Waals surface area contributed by atoms with Crippen molar-refractivity contribution in [3.8, 4) is 0 Å². The van der Waals surface area contributed by atoms with Crippen LogP contribution in [0.25, 0.3) is 10.9 Å². The Morgan fingerprint density at radius 3 is 2.60 bits per heavy atom. The SMILES string of the molecule is CCc1cc(N)c2cc(C)cc(C)c2n1. The third-order valence-electron chi connectivity index (χ3n) is 2.70. The number of nitrogen functional groups attached to an aromatic ring is 1. The van der Waals surface area contributed by atoms with Gasteiger partial charge in [-0.1, -0.05) is 18.6 Å². The van der Waals surface area contributed by atoms with Crippen LogP contribution in [0.5, 0.6) is 0 Å². The standard InChI is InChI=1S/C13H16N2/c1-4-10-7-12(14)11-6-8(2)5-9(3)13(11)15-10/h5-7H,4H2,1-3H3,(H2,14,15). The fraction of sp³-hybridized carbons (Fsp3) is 0.308. The molecule has 0 amide bonds. The predicted molar refractivity (Wildman–Crippen MR) is 65.0 cm³/mol. The molecule has 0 unspecified atom stereocenters. The predicted octanol–water partition coefficient (Wildman–Crippen LogP) is 3.00. The number of rotatable bonds is 1. The summed E-state index contributed by atoms with van der Waals surface area (Å²) < 4.78 is 0. The minimum atomic E-state index is 0.837. The molecule has 0 fully saturated rings. The van der Waals surface area contributed by atoms with Crippen molar-refractivity contribution < 1.29 is 0 Å². The molecular weight excluding hydrogens is 184 g/mol. The molecule has 2 heteroatoms. The van der Waals surface area contributed by atoms with Gasteiger partial charge in [-0.05, 0) is 38.0 Å². The van der Waals surface area contributed by atoms with Crippen LogP contribution in [0.3, 0.4) is 0 Å². The molecule has 0 radical (unpaired) electrons. The molecule has 0 aliphatic heterocycles. The first-order valence-corrected chi connectivity index (χ1v) is 5.28. The number of fused-ring (bicyclic) bond motifs is 1. The van der Waals surface area contributed by atoms with E-state index >= 15 is 0 Å². The van der Waals surface area contributed by atoms with Crippen LogP contribution < -0.4 is 5.73 Å². The highest BCUT2D eigenvalue weighted by Crippen LogP contribution is 2.24. The van der Waals surface area contributed by atoms with Crippen LogP contribution in [0.15, 0.2) is 18.2 Å². The van der Waals surface area contributed by atoms with Crippen LogP contribution in [-0.4, -0.2) is 4.98 Å². The molecule has 1 aromatic carbocycles. The van der Waals surface area contributed by atoms with E-state index in [4.69, 9.17) is 5.73 Å². The van der Waals surface area contributed by atoms with E-state index in [-0.39, 0.29) is 0 Å². The third kappa shape index (κ3) is 1.67. The van der Waals surface area contributed by atoms with Crippen molar-refractivity contribution in [2.75, 3.05) is 5.73 Å². The number of benzene rings is 1. The summed E-state index contributed by atoms with van der Waals surface area (Å²) in [5.41, 5.74) is 11.4. The first kappa shape index (κ1) is 9.97. The first-order chi connectivity index (χ1) is 7.11. The average molecular weight is 200 g/mol. The fourth-order valence-electron chi connectivity index (χ4n) is 1.94. The van der Waals surface area contributed by atoms with Crippen LogP contribution in [0.1, 0.15) is 23.7 Å². The van der Waals surface area contributed by atoms with Crippen LogP contribution in [-0.2, 0) is 6.42 Å². The molecule has 1 aromatic heterocycles. The van der Waals surface area contributed by atoms with Crippen LogP contribution >= 0.6 is 0 Å². The van der Waals surface area contributed by atoms with Crippen LogP contribution in [0.4, 0.5) is 5.69 Å². The number of pyridine rings is 1. The highest BCUT2D eigenvalue weighted by molar-refractivity contribution is 5.92. The van der Waals surface area contributed by atoms with E-state index in [1.807, 2.05) is 6.07 Å². The van der Waals surface area contributed by atoms with Gasteiger partial charge in [-0.15, -0.1) is 0 Å². The van der Waals surface area contributed by atoms with Gasteiger partial charge in [-0.2, -0.15) is 0 Å². The van der Waals surface area contributed by atoms with Crippen molar-refractivity contribution >= 4 is 16.6 Å². The fourth-order valence-corrected chi connectivity index (χ4v) is 1.94. The van der Waals surface area contributed by atoms with Gasteiger partial charge in [0.05, 0.1) is 5.52 Å². The summed E-state index contributed by atoms with van der Waals surface area (Å²) in [6.07, 6.45) is 0.924. The second-order valence-corrected chi connectivity index (χ2v) is 4.03. The van der Waals surface area contributed by atoms with E-state index in [1.54, 1.807) is 0 Å². The Bertz CT molecular complexity index is 515. The summed E-state index contributed by atoms with van der Waals surface area (Å²) in [4.78, 5) is 4.62. The molecule has 1 heterocycles. The summed E-state index contributed by atoms with van der Waals surface area (Å²) >= 11 is 0. The lowest BCUT2D eigenvalue weighted by molar-refractivity contribution is 1.05. The van der Waals surface area contributed by atoms with E-state index in [1.165, 1.54) is 11.1 Å². The Balaban J connectivity index is 2.85. The van der Waals surface area contributed by atoms with Gasteiger partial charge >= 0.3 is 0 Å². The molecule has 15 heavy (non-hydrogen) atoms. The Labute approximate surface area is 90.1 Å². The Morgan fingerprint density at radius 1 is 1.20 bits per heavy atom. The summed E-state index contributed by atoms with van der Waals surface area (Å²) in [6.45, 7) is 6.26. The number of hydrogen-bond acceptors (Lipinski definition) is 2. The maximum Gasteiger partial charge on any atom is 0.0755 e. The lowest BCUT2D eigenvalue weighted by Crippen LogP contribution is -1.96. The van der Waals surface area contributed by atoms with Crippen molar-refractivity contribution in [3.63, 3.8) is 0 Å². The summed E-state index contributed by atoms with van der Waals surface area (Å²) in [5.74, 6) is 0. The lowest BCUT2D eigenvalue weighted by atomic mass is 10.0. The molecule has 0 aliphatic carbocycles. The zero-order chi connectivity index (χ0) is 11.0. The van der Waals surface area contributed by atoms with E-state index < -0.39 is 0 Å². The largest absolute Gasteiger partial charge is 0.398 e. The van der Waals surface area contributed by atoms with Gasteiger partial charge in [0, 0.05) is 16.8 Å². The molecule has 78 valence electrons. The van der Waals surface area contributed by atoms with Crippen LogP contribution in [0, 0.1) is 13.8 Å². The van der Waals surface area contributed by atoms with Crippen molar-refractivity contribution in [3.05, 3.63) is 35.0 Å². The van der Waals surface area contributed by atoms with Crippen molar-refractivity contribution in [1.82, 2.24) is 4.98 Å². The molecule has 0 bridgehead atoms. The highest BCUT2D eigenvalue weighted by Gasteiger charge is 2.05. The van der Waals surface area contributed by atoms with E-state index in [0.717, 1.165) is 28.7 Å². The molecule has 0 aliphatic rings. The molecule has 0 saturated heterocycles. The normalized spacial score (nSPS) is 10.9. The Kier molecular flexibility index (Phi) is 2.35. The molecule has 2 aromatic rings. The third-order valence-corrected chi connectivity index (χ3v) is 2.70. The average Bonchev–Trinajstić information content (AvgIpc) is 2.19. The molecule has 2 N–H and O–H groups in total.